The molecule has 1 aromatic heterocycles. The van der Waals surface area contributed by atoms with Crippen LogP contribution in [-0.4, -0.2) is 28.7 Å². The van der Waals surface area contributed by atoms with E-state index in [9.17, 15) is 4.79 Å². The highest BCUT2D eigenvalue weighted by Gasteiger charge is 2.27. The predicted octanol–water partition coefficient (Wildman–Crippen LogP) is 4.80. The van der Waals surface area contributed by atoms with E-state index in [2.05, 4.69) is 26.9 Å². The zero-order valence-electron chi connectivity index (χ0n) is 12.6. The van der Waals surface area contributed by atoms with Gasteiger partial charge >= 0.3 is 0 Å². The normalized spacial score (nSPS) is 23.3. The fraction of sp³-hybridized carbons (Fsp3) is 0.706. The maximum atomic E-state index is 12.9. The second-order valence-electron chi connectivity index (χ2n) is 6.28. The number of nitrogens with zero attached hydrogens (tertiary/aromatic N) is 1. The minimum absolute atomic E-state index is 0.277. The molecule has 1 aliphatic heterocycles. The van der Waals surface area contributed by atoms with Gasteiger partial charge in [0.1, 0.15) is 0 Å². The number of hydrogen-bond donors (Lipinski definition) is 0. The van der Waals surface area contributed by atoms with E-state index in [0.717, 1.165) is 29.6 Å². The zero-order valence-corrected chi connectivity index (χ0v) is 15.0. The van der Waals surface area contributed by atoms with Gasteiger partial charge in [0.25, 0.3) is 5.91 Å². The Bertz CT molecular complexity index is 475. The van der Waals surface area contributed by atoms with Crippen LogP contribution >= 0.6 is 27.3 Å². The summed E-state index contributed by atoms with van der Waals surface area (Å²) >= 11 is 5.37. The lowest BCUT2D eigenvalue weighted by Crippen LogP contribution is -2.40. The van der Waals surface area contributed by atoms with Crippen molar-refractivity contribution in [2.75, 3.05) is 11.9 Å². The van der Waals surface area contributed by atoms with E-state index in [0.29, 0.717) is 6.04 Å². The summed E-state index contributed by atoms with van der Waals surface area (Å²) in [4.78, 5) is 17.5. The van der Waals surface area contributed by atoms with Crippen molar-refractivity contribution in [2.24, 2.45) is 0 Å². The predicted molar refractivity (Wildman–Crippen MR) is 92.7 cm³/mol. The van der Waals surface area contributed by atoms with Gasteiger partial charge < -0.3 is 4.90 Å². The monoisotopic (exact) mass is 369 g/mol. The second kappa shape index (κ2) is 7.28. The molecule has 2 nitrogen and oxygen atoms in total. The molecule has 2 aliphatic rings. The number of amides is 1. The van der Waals surface area contributed by atoms with Gasteiger partial charge in [0.15, 0.2) is 0 Å². The summed E-state index contributed by atoms with van der Waals surface area (Å²) in [5.74, 6) is 0.277. The van der Waals surface area contributed by atoms with Crippen LogP contribution in [0.2, 0.25) is 0 Å². The summed E-state index contributed by atoms with van der Waals surface area (Å²) < 4.78 is 0. The van der Waals surface area contributed by atoms with Gasteiger partial charge in [-0.2, -0.15) is 0 Å². The SMILES string of the molecule is O=C(c1cc2c(s1)CCCCC2)N1CCCCCC1CBr. The van der Waals surface area contributed by atoms with Crippen molar-refractivity contribution < 1.29 is 4.79 Å². The largest absolute Gasteiger partial charge is 0.334 e. The first-order chi connectivity index (χ1) is 10.3. The molecule has 1 aromatic rings. The molecule has 0 aromatic carbocycles. The molecule has 1 saturated heterocycles. The van der Waals surface area contributed by atoms with Crippen molar-refractivity contribution >= 4 is 33.2 Å². The molecular weight excluding hydrogens is 346 g/mol. The number of aryl methyl sites for hydroxylation is 2. The van der Waals surface area contributed by atoms with E-state index in [1.54, 1.807) is 11.3 Å². The average Bonchev–Trinajstić information content (AvgIpc) is 2.69. The molecule has 1 amide bonds. The topological polar surface area (TPSA) is 20.3 Å². The quantitative estimate of drug-likeness (QED) is 0.541. The van der Waals surface area contributed by atoms with Crippen LogP contribution in [-0.2, 0) is 12.8 Å². The van der Waals surface area contributed by atoms with Crippen LogP contribution in [0.4, 0.5) is 0 Å². The molecule has 0 N–H and O–H groups in total. The molecule has 21 heavy (non-hydrogen) atoms. The summed E-state index contributed by atoms with van der Waals surface area (Å²) in [6, 6.07) is 2.58. The third kappa shape index (κ3) is 3.53. The van der Waals surface area contributed by atoms with Gasteiger partial charge in [-0.3, -0.25) is 4.79 Å². The van der Waals surface area contributed by atoms with Crippen molar-refractivity contribution in [2.45, 2.75) is 63.8 Å². The van der Waals surface area contributed by atoms with E-state index in [-0.39, 0.29) is 5.91 Å². The molecule has 116 valence electrons. The average molecular weight is 370 g/mol. The molecular formula is C17H24BrNOS. The number of thiophene rings is 1. The van der Waals surface area contributed by atoms with Gasteiger partial charge in [0.2, 0.25) is 0 Å². The lowest BCUT2D eigenvalue weighted by molar-refractivity contribution is 0.0707. The van der Waals surface area contributed by atoms with E-state index in [4.69, 9.17) is 0 Å². The highest BCUT2D eigenvalue weighted by Crippen LogP contribution is 2.31. The minimum atomic E-state index is 0.277. The van der Waals surface area contributed by atoms with Gasteiger partial charge in [0.05, 0.1) is 4.88 Å². The Hall–Kier alpha value is -0.350. The Kier molecular flexibility index (Phi) is 5.38. The summed E-state index contributed by atoms with van der Waals surface area (Å²) in [5.41, 5.74) is 1.45. The molecule has 1 atom stereocenters. The number of carbonyl (C=O) groups excluding carboxylic acids is 1. The summed E-state index contributed by atoms with van der Waals surface area (Å²) in [6.45, 7) is 0.928. The molecule has 0 saturated carbocycles. The van der Waals surface area contributed by atoms with Crippen molar-refractivity contribution in [1.29, 1.82) is 0 Å². The van der Waals surface area contributed by atoms with Crippen molar-refractivity contribution in [3.63, 3.8) is 0 Å². The Labute approximate surface area is 140 Å². The highest BCUT2D eigenvalue weighted by atomic mass is 79.9. The smallest absolute Gasteiger partial charge is 0.264 e. The van der Waals surface area contributed by atoms with E-state index in [1.165, 1.54) is 55.4 Å². The number of fused-ring (bicyclic) bond motifs is 1. The molecule has 1 aliphatic carbocycles. The van der Waals surface area contributed by atoms with Gasteiger partial charge in [0, 0.05) is 22.8 Å². The number of alkyl halides is 1. The van der Waals surface area contributed by atoms with Crippen molar-refractivity contribution in [1.82, 2.24) is 4.90 Å². The molecule has 0 spiro atoms. The zero-order chi connectivity index (χ0) is 14.7. The number of halogens is 1. The molecule has 2 heterocycles. The third-order valence-electron chi connectivity index (χ3n) is 4.77. The molecule has 0 bridgehead atoms. The Morgan fingerprint density at radius 2 is 2.00 bits per heavy atom. The third-order valence-corrected chi connectivity index (χ3v) is 6.75. The lowest BCUT2D eigenvalue weighted by atomic mass is 10.1. The van der Waals surface area contributed by atoms with Crippen molar-refractivity contribution in [3.05, 3.63) is 21.4 Å². The highest BCUT2D eigenvalue weighted by molar-refractivity contribution is 9.09. The van der Waals surface area contributed by atoms with Crippen LogP contribution in [0.15, 0.2) is 6.07 Å². The fourth-order valence-corrected chi connectivity index (χ4v) is 5.40. The Balaban J connectivity index is 1.80. The standard InChI is InChI=1S/C17H24BrNOS/c18-12-14-8-4-2-6-10-19(14)17(20)16-11-13-7-3-1-5-9-15(13)21-16/h11,14H,1-10,12H2. The number of likely N-dealkylation sites (tertiary alicyclic amines) is 1. The molecule has 1 fully saturated rings. The Morgan fingerprint density at radius 1 is 1.19 bits per heavy atom. The Morgan fingerprint density at radius 3 is 2.86 bits per heavy atom. The minimum Gasteiger partial charge on any atom is -0.334 e. The first kappa shape index (κ1) is 15.5. The maximum Gasteiger partial charge on any atom is 0.264 e. The second-order valence-corrected chi connectivity index (χ2v) is 8.06. The van der Waals surface area contributed by atoms with Crippen LogP contribution in [0.5, 0.6) is 0 Å². The van der Waals surface area contributed by atoms with E-state index in [1.807, 2.05) is 0 Å². The molecule has 3 rings (SSSR count). The van der Waals surface area contributed by atoms with Crippen LogP contribution < -0.4 is 0 Å². The molecule has 0 radical (unpaired) electrons. The van der Waals surface area contributed by atoms with Crippen LogP contribution in [0.25, 0.3) is 0 Å². The lowest BCUT2D eigenvalue weighted by Gasteiger charge is -2.28. The first-order valence-electron chi connectivity index (χ1n) is 8.28. The van der Waals surface area contributed by atoms with Gasteiger partial charge in [-0.05, 0) is 50.2 Å². The van der Waals surface area contributed by atoms with Crippen molar-refractivity contribution in [3.8, 4) is 0 Å². The maximum absolute atomic E-state index is 12.9. The molecule has 4 heteroatoms. The number of carbonyl (C=O) groups is 1. The van der Waals surface area contributed by atoms with E-state index < -0.39 is 0 Å². The summed E-state index contributed by atoms with van der Waals surface area (Å²) in [7, 11) is 0. The van der Waals surface area contributed by atoms with Gasteiger partial charge in [-0.1, -0.05) is 35.2 Å². The van der Waals surface area contributed by atoms with Gasteiger partial charge in [-0.25, -0.2) is 0 Å². The van der Waals surface area contributed by atoms with Gasteiger partial charge in [-0.15, -0.1) is 11.3 Å². The fourth-order valence-electron chi connectivity index (χ4n) is 3.52. The number of rotatable bonds is 2. The van der Waals surface area contributed by atoms with Crippen LogP contribution in [0.1, 0.15) is 65.1 Å². The van der Waals surface area contributed by atoms with Crippen LogP contribution in [0.3, 0.4) is 0 Å². The number of hydrogen-bond acceptors (Lipinski definition) is 2. The molecule has 1 unspecified atom stereocenters. The van der Waals surface area contributed by atoms with E-state index >= 15 is 0 Å². The first-order valence-corrected chi connectivity index (χ1v) is 10.2. The summed E-state index contributed by atoms with van der Waals surface area (Å²) in [6.07, 6.45) is 11.1. The van der Waals surface area contributed by atoms with Crippen LogP contribution in [0, 0.1) is 0 Å². The summed E-state index contributed by atoms with van der Waals surface area (Å²) in [5, 5.41) is 0.907.